The number of nitrogens with zero attached hydrogens (tertiary/aromatic N) is 2. The summed E-state index contributed by atoms with van der Waals surface area (Å²) in [7, 11) is 0. The number of carbonyl (C=O) groups excluding carboxylic acids is 2. The van der Waals surface area contributed by atoms with Crippen molar-refractivity contribution in [1.82, 2.24) is 15.1 Å². The van der Waals surface area contributed by atoms with E-state index in [-0.39, 0.29) is 17.9 Å². The summed E-state index contributed by atoms with van der Waals surface area (Å²) in [5, 5.41) is 6.08. The summed E-state index contributed by atoms with van der Waals surface area (Å²) in [6.07, 6.45) is 0. The largest absolute Gasteiger partial charge is 0.378 e. The SMILES string of the molecule is O=C(CN1CCN(C(=O)C2COCCN2)CC1)Nc1ccccc1. The van der Waals surface area contributed by atoms with Crippen LogP contribution in [0.15, 0.2) is 30.3 Å². The second-order valence-electron chi connectivity index (χ2n) is 6.10. The summed E-state index contributed by atoms with van der Waals surface area (Å²) in [5.41, 5.74) is 0.805. The van der Waals surface area contributed by atoms with Crippen molar-refractivity contribution in [2.45, 2.75) is 6.04 Å². The molecular weight excluding hydrogens is 308 g/mol. The van der Waals surface area contributed by atoms with E-state index in [4.69, 9.17) is 4.74 Å². The molecular formula is C17H24N4O3. The zero-order chi connectivity index (χ0) is 16.8. The van der Waals surface area contributed by atoms with Crippen molar-refractivity contribution in [3.8, 4) is 0 Å². The van der Waals surface area contributed by atoms with Crippen LogP contribution in [0.4, 0.5) is 5.69 Å². The average Bonchev–Trinajstić information content (AvgIpc) is 2.63. The number of hydrogen-bond donors (Lipinski definition) is 2. The molecule has 7 heteroatoms. The molecule has 2 fully saturated rings. The number of rotatable bonds is 4. The van der Waals surface area contributed by atoms with E-state index >= 15 is 0 Å². The number of nitrogens with one attached hydrogen (secondary N) is 2. The molecule has 2 heterocycles. The molecule has 1 aromatic carbocycles. The van der Waals surface area contributed by atoms with Crippen molar-refractivity contribution in [1.29, 1.82) is 0 Å². The minimum atomic E-state index is -0.230. The van der Waals surface area contributed by atoms with E-state index in [9.17, 15) is 9.59 Å². The lowest BCUT2D eigenvalue weighted by molar-refractivity contribution is -0.138. The van der Waals surface area contributed by atoms with Gasteiger partial charge in [-0.2, -0.15) is 0 Å². The van der Waals surface area contributed by atoms with Gasteiger partial charge < -0.3 is 20.3 Å². The molecule has 2 aliphatic heterocycles. The minimum Gasteiger partial charge on any atom is -0.378 e. The van der Waals surface area contributed by atoms with Gasteiger partial charge in [-0.1, -0.05) is 18.2 Å². The summed E-state index contributed by atoms with van der Waals surface area (Å²) in [6, 6.07) is 9.21. The Morgan fingerprint density at radius 1 is 1.17 bits per heavy atom. The lowest BCUT2D eigenvalue weighted by Gasteiger charge is -2.36. The van der Waals surface area contributed by atoms with Crippen molar-refractivity contribution in [3.05, 3.63) is 30.3 Å². The number of benzene rings is 1. The van der Waals surface area contributed by atoms with Gasteiger partial charge in [0, 0.05) is 38.4 Å². The molecule has 130 valence electrons. The topological polar surface area (TPSA) is 73.9 Å². The molecule has 2 saturated heterocycles. The summed E-state index contributed by atoms with van der Waals surface area (Å²) in [6.45, 7) is 4.89. The van der Waals surface area contributed by atoms with Gasteiger partial charge in [0.1, 0.15) is 6.04 Å². The van der Waals surface area contributed by atoms with E-state index in [1.54, 1.807) is 0 Å². The van der Waals surface area contributed by atoms with Crippen LogP contribution < -0.4 is 10.6 Å². The molecule has 2 aliphatic rings. The van der Waals surface area contributed by atoms with Crippen LogP contribution in [0.25, 0.3) is 0 Å². The zero-order valence-corrected chi connectivity index (χ0v) is 13.7. The maximum absolute atomic E-state index is 12.4. The van der Waals surface area contributed by atoms with Crippen molar-refractivity contribution < 1.29 is 14.3 Å². The van der Waals surface area contributed by atoms with E-state index in [2.05, 4.69) is 15.5 Å². The van der Waals surface area contributed by atoms with Gasteiger partial charge in [0.15, 0.2) is 0 Å². The van der Waals surface area contributed by atoms with E-state index in [1.807, 2.05) is 35.2 Å². The van der Waals surface area contributed by atoms with Crippen molar-refractivity contribution in [3.63, 3.8) is 0 Å². The molecule has 1 unspecified atom stereocenters. The monoisotopic (exact) mass is 332 g/mol. The Bertz CT molecular complexity index is 552. The van der Waals surface area contributed by atoms with Crippen LogP contribution in [0.5, 0.6) is 0 Å². The summed E-state index contributed by atoms with van der Waals surface area (Å²) in [5.74, 6) is 0.0754. The number of morpholine rings is 1. The van der Waals surface area contributed by atoms with Gasteiger partial charge >= 0.3 is 0 Å². The number of para-hydroxylation sites is 1. The molecule has 0 aromatic heterocycles. The number of anilines is 1. The molecule has 2 amide bonds. The maximum Gasteiger partial charge on any atom is 0.242 e. The highest BCUT2D eigenvalue weighted by Gasteiger charge is 2.29. The minimum absolute atomic E-state index is 0.0247. The third-order valence-electron chi connectivity index (χ3n) is 4.33. The van der Waals surface area contributed by atoms with Gasteiger partial charge in [0.2, 0.25) is 11.8 Å². The van der Waals surface area contributed by atoms with Crippen LogP contribution in [0.1, 0.15) is 0 Å². The smallest absolute Gasteiger partial charge is 0.242 e. The predicted molar refractivity (Wildman–Crippen MR) is 90.7 cm³/mol. The third kappa shape index (κ3) is 4.53. The molecule has 0 radical (unpaired) electrons. The second-order valence-corrected chi connectivity index (χ2v) is 6.10. The van der Waals surface area contributed by atoms with Crippen molar-refractivity contribution >= 4 is 17.5 Å². The maximum atomic E-state index is 12.4. The Labute approximate surface area is 141 Å². The number of carbonyl (C=O) groups is 2. The van der Waals surface area contributed by atoms with Crippen LogP contribution in [-0.2, 0) is 14.3 Å². The normalized spacial score (nSPS) is 22.2. The summed E-state index contributed by atoms with van der Waals surface area (Å²) in [4.78, 5) is 28.4. The van der Waals surface area contributed by atoms with E-state index < -0.39 is 0 Å². The second kappa shape index (κ2) is 8.23. The van der Waals surface area contributed by atoms with E-state index in [0.717, 1.165) is 12.2 Å². The number of ether oxygens (including phenoxy) is 1. The van der Waals surface area contributed by atoms with Gasteiger partial charge in [0.05, 0.1) is 19.8 Å². The Morgan fingerprint density at radius 3 is 2.58 bits per heavy atom. The summed E-state index contributed by atoms with van der Waals surface area (Å²) >= 11 is 0. The molecule has 0 bridgehead atoms. The van der Waals surface area contributed by atoms with E-state index in [1.165, 1.54) is 0 Å². The lowest BCUT2D eigenvalue weighted by Crippen LogP contribution is -2.57. The van der Waals surface area contributed by atoms with Crippen LogP contribution in [0.3, 0.4) is 0 Å². The number of amides is 2. The first kappa shape index (κ1) is 16.9. The standard InChI is InChI=1S/C17H24N4O3/c22-16(19-14-4-2-1-3-5-14)12-20-7-9-21(10-8-20)17(23)15-13-24-11-6-18-15/h1-5,15,18H,6-13H2,(H,19,22). The predicted octanol–water partition coefficient (Wildman–Crippen LogP) is -0.242. The Hall–Kier alpha value is -1.96. The Morgan fingerprint density at radius 2 is 1.92 bits per heavy atom. The first-order valence-electron chi connectivity index (χ1n) is 8.39. The molecule has 2 N–H and O–H groups in total. The fourth-order valence-corrected chi connectivity index (χ4v) is 3.00. The number of hydrogen-bond acceptors (Lipinski definition) is 5. The van der Waals surface area contributed by atoms with Gasteiger partial charge in [0.25, 0.3) is 0 Å². The van der Waals surface area contributed by atoms with Gasteiger partial charge in [-0.3, -0.25) is 14.5 Å². The first-order valence-corrected chi connectivity index (χ1v) is 8.39. The van der Waals surface area contributed by atoms with Crippen LogP contribution >= 0.6 is 0 Å². The van der Waals surface area contributed by atoms with Crippen LogP contribution in [0.2, 0.25) is 0 Å². The highest BCUT2D eigenvalue weighted by molar-refractivity contribution is 5.92. The van der Waals surface area contributed by atoms with Crippen LogP contribution in [0, 0.1) is 0 Å². The van der Waals surface area contributed by atoms with Crippen molar-refractivity contribution in [2.24, 2.45) is 0 Å². The van der Waals surface area contributed by atoms with Gasteiger partial charge in [-0.15, -0.1) is 0 Å². The molecule has 7 nitrogen and oxygen atoms in total. The molecule has 1 atom stereocenters. The molecule has 0 saturated carbocycles. The van der Waals surface area contributed by atoms with E-state index in [0.29, 0.717) is 45.9 Å². The third-order valence-corrected chi connectivity index (χ3v) is 4.33. The highest BCUT2D eigenvalue weighted by Crippen LogP contribution is 2.08. The van der Waals surface area contributed by atoms with Crippen LogP contribution in [-0.4, -0.2) is 80.1 Å². The lowest BCUT2D eigenvalue weighted by atomic mass is 10.2. The quantitative estimate of drug-likeness (QED) is 0.796. The fraction of sp³-hybridized carbons (Fsp3) is 0.529. The highest BCUT2D eigenvalue weighted by atomic mass is 16.5. The van der Waals surface area contributed by atoms with Gasteiger partial charge in [-0.05, 0) is 12.1 Å². The van der Waals surface area contributed by atoms with Crippen molar-refractivity contribution in [2.75, 3.05) is 57.8 Å². The zero-order valence-electron chi connectivity index (χ0n) is 13.7. The molecule has 24 heavy (non-hydrogen) atoms. The van der Waals surface area contributed by atoms with Gasteiger partial charge in [-0.25, -0.2) is 0 Å². The number of piperazine rings is 1. The molecule has 0 aliphatic carbocycles. The summed E-state index contributed by atoms with van der Waals surface area (Å²) < 4.78 is 5.35. The first-order chi connectivity index (χ1) is 11.7. The Balaban J connectivity index is 1.41. The molecule has 0 spiro atoms. The Kier molecular flexibility index (Phi) is 5.79. The molecule has 1 aromatic rings. The molecule has 3 rings (SSSR count). The fourth-order valence-electron chi connectivity index (χ4n) is 3.00. The average molecular weight is 332 g/mol.